The molecule has 0 bridgehead atoms. The normalized spacial score (nSPS) is 15.8. The van der Waals surface area contributed by atoms with Gasteiger partial charge in [0, 0.05) is 0 Å². The van der Waals surface area contributed by atoms with Crippen LogP contribution in [0.25, 0.3) is 6.08 Å². The van der Waals surface area contributed by atoms with Crippen LogP contribution in [0.15, 0.2) is 66.7 Å². The molecule has 0 aliphatic carbocycles. The van der Waals surface area contributed by atoms with Crippen molar-refractivity contribution in [3.63, 3.8) is 0 Å². The summed E-state index contributed by atoms with van der Waals surface area (Å²) >= 11 is 0. The van der Waals surface area contributed by atoms with Gasteiger partial charge in [0.1, 0.15) is 5.60 Å². The summed E-state index contributed by atoms with van der Waals surface area (Å²) in [5.74, 6) is 0.468. The van der Waals surface area contributed by atoms with E-state index < -0.39 is 5.60 Å². The highest BCUT2D eigenvalue weighted by Gasteiger charge is 2.27. The van der Waals surface area contributed by atoms with Crippen LogP contribution in [-0.2, 0) is 5.60 Å². The molecule has 2 rings (SSSR count). The van der Waals surface area contributed by atoms with E-state index in [1.807, 2.05) is 72.8 Å². The van der Waals surface area contributed by atoms with Gasteiger partial charge in [-0.2, -0.15) is 0 Å². The maximum atomic E-state index is 11.2. The zero-order chi connectivity index (χ0) is 15.1. The predicted octanol–water partition coefficient (Wildman–Crippen LogP) is 5.02. The minimum absolute atomic E-state index is 0.468. The summed E-state index contributed by atoms with van der Waals surface area (Å²) in [5, 5.41) is 11.2. The Balaban J connectivity index is 2.30. The predicted molar refractivity (Wildman–Crippen MR) is 89.9 cm³/mol. The van der Waals surface area contributed by atoms with Crippen LogP contribution in [0.2, 0.25) is 0 Å². The molecule has 2 atom stereocenters. The summed E-state index contributed by atoms with van der Waals surface area (Å²) in [6, 6.07) is 20.0. The van der Waals surface area contributed by atoms with Crippen molar-refractivity contribution in [3.8, 4) is 0 Å². The van der Waals surface area contributed by atoms with Gasteiger partial charge in [-0.15, -0.1) is 0 Å². The van der Waals surface area contributed by atoms with Crippen molar-refractivity contribution in [3.05, 3.63) is 77.9 Å². The molecule has 0 aromatic heterocycles. The number of benzene rings is 2. The molecule has 2 aromatic rings. The van der Waals surface area contributed by atoms with Crippen molar-refractivity contribution in [1.82, 2.24) is 0 Å². The van der Waals surface area contributed by atoms with Gasteiger partial charge in [0.25, 0.3) is 0 Å². The topological polar surface area (TPSA) is 20.2 Å². The smallest absolute Gasteiger partial charge is 0.108 e. The van der Waals surface area contributed by atoms with E-state index in [1.165, 1.54) is 0 Å². The van der Waals surface area contributed by atoms with Crippen molar-refractivity contribution < 1.29 is 5.11 Å². The average Bonchev–Trinajstić information content (AvgIpc) is 2.55. The fourth-order valence-electron chi connectivity index (χ4n) is 2.48. The van der Waals surface area contributed by atoms with Crippen molar-refractivity contribution in [1.29, 1.82) is 0 Å². The molecular formula is C20H24O. The fraction of sp³-hybridized carbons (Fsp3) is 0.300. The highest BCUT2D eigenvalue weighted by Crippen LogP contribution is 2.32. The molecule has 110 valence electrons. The van der Waals surface area contributed by atoms with Crippen LogP contribution < -0.4 is 0 Å². The van der Waals surface area contributed by atoms with Crippen LogP contribution in [0.5, 0.6) is 0 Å². The van der Waals surface area contributed by atoms with E-state index in [-0.39, 0.29) is 0 Å². The van der Waals surface area contributed by atoms with Crippen molar-refractivity contribution in [2.24, 2.45) is 5.92 Å². The highest BCUT2D eigenvalue weighted by atomic mass is 16.3. The van der Waals surface area contributed by atoms with E-state index >= 15 is 0 Å². The maximum absolute atomic E-state index is 11.2. The van der Waals surface area contributed by atoms with Crippen molar-refractivity contribution >= 4 is 6.08 Å². The van der Waals surface area contributed by atoms with Crippen LogP contribution in [-0.4, -0.2) is 5.11 Å². The first-order chi connectivity index (χ1) is 10.1. The minimum atomic E-state index is -0.910. The van der Waals surface area contributed by atoms with E-state index in [0.717, 1.165) is 24.0 Å². The monoisotopic (exact) mass is 280 g/mol. The lowest BCUT2D eigenvalue weighted by molar-refractivity contribution is 0.0632. The third kappa shape index (κ3) is 4.30. The van der Waals surface area contributed by atoms with Gasteiger partial charge in [0.15, 0.2) is 0 Å². The van der Waals surface area contributed by atoms with Gasteiger partial charge in [0.2, 0.25) is 0 Å². The minimum Gasteiger partial charge on any atom is -0.381 e. The first kappa shape index (κ1) is 15.5. The Morgan fingerprint density at radius 3 is 2.14 bits per heavy atom. The van der Waals surface area contributed by atoms with Gasteiger partial charge in [-0.3, -0.25) is 0 Å². The lowest BCUT2D eigenvalue weighted by Gasteiger charge is -2.28. The lowest BCUT2D eigenvalue weighted by atomic mass is 9.83. The molecule has 1 nitrogen and oxygen atoms in total. The van der Waals surface area contributed by atoms with E-state index in [0.29, 0.717) is 5.92 Å². The molecule has 0 saturated carbocycles. The summed E-state index contributed by atoms with van der Waals surface area (Å²) in [5.41, 5.74) is 1.15. The summed E-state index contributed by atoms with van der Waals surface area (Å²) in [4.78, 5) is 0. The van der Waals surface area contributed by atoms with E-state index in [1.54, 1.807) is 0 Å². The van der Waals surface area contributed by atoms with Crippen LogP contribution >= 0.6 is 0 Å². The molecule has 0 radical (unpaired) electrons. The molecule has 1 N–H and O–H groups in total. The second-order valence-electron chi connectivity index (χ2n) is 5.75. The summed E-state index contributed by atoms with van der Waals surface area (Å²) in [7, 11) is 0. The zero-order valence-electron chi connectivity index (χ0n) is 12.9. The Morgan fingerprint density at radius 1 is 1.00 bits per heavy atom. The largest absolute Gasteiger partial charge is 0.381 e. The van der Waals surface area contributed by atoms with Gasteiger partial charge in [-0.25, -0.2) is 0 Å². The second kappa shape index (κ2) is 7.24. The average molecular weight is 280 g/mol. The molecule has 2 unspecified atom stereocenters. The third-order valence-electron chi connectivity index (χ3n) is 3.98. The van der Waals surface area contributed by atoms with Crippen LogP contribution in [0.1, 0.15) is 37.8 Å². The standard InChI is InChI=1S/C20H24O/c1-3-17(2)16-20(21,19-12-8-5-9-13-19)15-14-18-10-6-4-7-11-18/h4-15,17,21H,3,16H2,1-2H3/b15-14+. The SMILES string of the molecule is CCC(C)CC(O)(/C=C/c1ccccc1)c1ccccc1. The maximum Gasteiger partial charge on any atom is 0.108 e. The Morgan fingerprint density at radius 2 is 1.57 bits per heavy atom. The lowest BCUT2D eigenvalue weighted by Crippen LogP contribution is -2.25. The van der Waals surface area contributed by atoms with E-state index in [2.05, 4.69) is 13.8 Å². The van der Waals surface area contributed by atoms with Crippen molar-refractivity contribution in [2.75, 3.05) is 0 Å². The molecule has 1 heteroatoms. The van der Waals surface area contributed by atoms with Gasteiger partial charge in [-0.05, 0) is 29.5 Å². The molecule has 0 fully saturated rings. The van der Waals surface area contributed by atoms with Crippen molar-refractivity contribution in [2.45, 2.75) is 32.3 Å². The van der Waals surface area contributed by atoms with E-state index in [4.69, 9.17) is 0 Å². The molecule has 0 aliphatic rings. The molecule has 0 spiro atoms. The van der Waals surface area contributed by atoms with Crippen LogP contribution in [0, 0.1) is 5.92 Å². The Hall–Kier alpha value is -1.86. The molecule has 2 aromatic carbocycles. The van der Waals surface area contributed by atoms with Crippen LogP contribution in [0.4, 0.5) is 0 Å². The van der Waals surface area contributed by atoms with Gasteiger partial charge in [-0.1, -0.05) is 87.0 Å². The Bertz CT molecular complexity index is 559. The Kier molecular flexibility index (Phi) is 5.35. The first-order valence-electron chi connectivity index (χ1n) is 7.66. The highest BCUT2D eigenvalue weighted by molar-refractivity contribution is 5.51. The molecule has 0 amide bonds. The summed E-state index contributed by atoms with van der Waals surface area (Å²) in [6.45, 7) is 4.35. The fourth-order valence-corrected chi connectivity index (χ4v) is 2.48. The Labute approximate surface area is 128 Å². The first-order valence-corrected chi connectivity index (χ1v) is 7.66. The van der Waals surface area contributed by atoms with Gasteiger partial charge in [0.05, 0.1) is 0 Å². The molecular weight excluding hydrogens is 256 g/mol. The number of rotatable bonds is 6. The summed E-state index contributed by atoms with van der Waals surface area (Å²) < 4.78 is 0. The second-order valence-corrected chi connectivity index (χ2v) is 5.75. The van der Waals surface area contributed by atoms with Crippen LogP contribution in [0.3, 0.4) is 0 Å². The number of hydrogen-bond acceptors (Lipinski definition) is 1. The van der Waals surface area contributed by atoms with Gasteiger partial charge >= 0.3 is 0 Å². The third-order valence-corrected chi connectivity index (χ3v) is 3.98. The van der Waals surface area contributed by atoms with Gasteiger partial charge < -0.3 is 5.11 Å². The molecule has 0 saturated heterocycles. The molecule has 21 heavy (non-hydrogen) atoms. The number of hydrogen-bond donors (Lipinski definition) is 1. The summed E-state index contributed by atoms with van der Waals surface area (Å²) in [6.07, 6.45) is 5.74. The van der Waals surface area contributed by atoms with E-state index in [9.17, 15) is 5.11 Å². The molecule has 0 heterocycles. The quantitative estimate of drug-likeness (QED) is 0.787. The number of aliphatic hydroxyl groups is 1. The zero-order valence-corrected chi connectivity index (χ0v) is 12.9. The molecule has 0 aliphatic heterocycles.